The van der Waals surface area contributed by atoms with Gasteiger partial charge in [0.05, 0.1) is 39.8 Å². The van der Waals surface area contributed by atoms with Gasteiger partial charge in [0.15, 0.2) is 0 Å². The average Bonchev–Trinajstić information content (AvgIpc) is 3.28. The van der Waals surface area contributed by atoms with Gasteiger partial charge in [0, 0.05) is 53.6 Å². The molecule has 4 aromatic carbocycles. The fraction of sp³-hybridized carbons (Fsp3) is 0.245. The second-order valence-electron chi connectivity index (χ2n) is 14.9. The van der Waals surface area contributed by atoms with Crippen molar-refractivity contribution in [3.63, 3.8) is 0 Å². The van der Waals surface area contributed by atoms with Crippen molar-refractivity contribution in [3.05, 3.63) is 163 Å². The van der Waals surface area contributed by atoms with Crippen molar-refractivity contribution < 1.29 is 39.1 Å². The van der Waals surface area contributed by atoms with Gasteiger partial charge in [0.1, 0.15) is 61.6 Å². The predicted octanol–water partition coefficient (Wildman–Crippen LogP) is 9.63. The number of aliphatic hydroxyl groups is 2. The molecule has 12 nitrogen and oxygen atoms in total. The molecule has 0 aliphatic carbocycles. The molecule has 63 heavy (non-hydrogen) atoms. The number of aliphatic hydroxyl groups excluding tert-OH is 2. The molecule has 3 N–H and O–H groups in total. The van der Waals surface area contributed by atoms with E-state index in [9.17, 15) is 30.6 Å². The molecule has 6 rings (SSSR count). The van der Waals surface area contributed by atoms with E-state index in [0.717, 1.165) is 33.4 Å². The summed E-state index contributed by atoms with van der Waals surface area (Å²) in [4.78, 5) is 20.0. The van der Waals surface area contributed by atoms with Crippen LogP contribution in [0.4, 0.5) is 0 Å². The molecule has 0 unspecified atom stereocenters. The van der Waals surface area contributed by atoms with Crippen molar-refractivity contribution in [2.24, 2.45) is 5.92 Å². The van der Waals surface area contributed by atoms with Crippen molar-refractivity contribution in [3.8, 4) is 46.3 Å². The molecule has 0 saturated heterocycles. The topological polar surface area (TPSA) is 188 Å². The van der Waals surface area contributed by atoms with Gasteiger partial charge in [0.2, 0.25) is 0 Å². The third kappa shape index (κ3) is 11.6. The Kier molecular flexibility index (Phi) is 15.6. The van der Waals surface area contributed by atoms with E-state index < -0.39 is 18.0 Å². The van der Waals surface area contributed by atoms with E-state index >= 15 is 0 Å². The molecule has 0 bridgehead atoms. The van der Waals surface area contributed by atoms with E-state index in [0.29, 0.717) is 66.4 Å². The fourth-order valence-electron chi connectivity index (χ4n) is 6.99. The highest BCUT2D eigenvalue weighted by atomic mass is 35.5. The first-order valence-corrected chi connectivity index (χ1v) is 20.7. The van der Waals surface area contributed by atoms with Crippen molar-refractivity contribution in [1.82, 2.24) is 9.97 Å². The number of carbonyl (C=O) groups is 1. The molecule has 0 spiro atoms. The Morgan fingerprint density at radius 3 is 1.57 bits per heavy atom. The molecule has 0 saturated carbocycles. The number of nitriles is 2. The number of aryl methyl sites for hydroxylation is 1. The van der Waals surface area contributed by atoms with Crippen molar-refractivity contribution in [1.29, 1.82) is 10.5 Å². The number of hydrogen-bond acceptors (Lipinski definition) is 11. The first kappa shape index (κ1) is 45.8. The van der Waals surface area contributed by atoms with Crippen LogP contribution in [-0.2, 0) is 44.2 Å². The summed E-state index contributed by atoms with van der Waals surface area (Å²) in [7, 11) is 0. The molecule has 0 radical (unpaired) electrons. The molecule has 14 heteroatoms. The zero-order valence-electron chi connectivity index (χ0n) is 34.8. The maximum Gasteiger partial charge on any atom is 0.309 e. The number of aliphatic carboxylic acids is 1. The minimum absolute atomic E-state index is 0.0803. The summed E-state index contributed by atoms with van der Waals surface area (Å²) < 4.78 is 24.8. The van der Waals surface area contributed by atoms with Crippen LogP contribution >= 0.6 is 23.2 Å². The molecule has 322 valence electrons. The van der Waals surface area contributed by atoms with Crippen LogP contribution < -0.4 is 18.9 Å². The standard InChI is InChI=1S/C49H44Cl2N4O8/c1-29-37(27-62-47-16-45(60-25-34-12-32(18-52)20-54-22-34)36(14-43(47)50)10-11-42(31(3)57)49(58)59)6-4-8-40(29)41-9-5-7-38(30(41)2)28-63-48-17-46(39(24-56)15-44(48)51)61-26-35-13-33(19-53)21-55-23-35/h4-9,12-17,20-23,31,42,56-57H,10-11,24-28H2,1-3H3,(H,58,59)/t31-,42+/m0/s1. The van der Waals surface area contributed by atoms with Crippen LogP contribution in [0.25, 0.3) is 11.1 Å². The van der Waals surface area contributed by atoms with Crippen molar-refractivity contribution >= 4 is 29.2 Å². The first-order valence-electron chi connectivity index (χ1n) is 19.9. The fourth-order valence-corrected chi connectivity index (χ4v) is 7.48. The number of halogens is 2. The molecule has 2 aromatic heterocycles. The number of carboxylic acid groups (broad SMARTS) is 1. The molecule has 0 fully saturated rings. The lowest BCUT2D eigenvalue weighted by Crippen LogP contribution is -2.26. The smallest absolute Gasteiger partial charge is 0.309 e. The molecule has 2 heterocycles. The Morgan fingerprint density at radius 1 is 0.667 bits per heavy atom. The highest BCUT2D eigenvalue weighted by Crippen LogP contribution is 2.38. The van der Waals surface area contributed by atoms with E-state index in [1.165, 1.54) is 19.3 Å². The average molecular weight is 888 g/mol. The Morgan fingerprint density at radius 2 is 1.13 bits per heavy atom. The van der Waals surface area contributed by atoms with Crippen molar-refractivity contribution in [2.75, 3.05) is 0 Å². The van der Waals surface area contributed by atoms with Crippen molar-refractivity contribution in [2.45, 2.75) is 72.8 Å². The number of benzene rings is 4. The lowest BCUT2D eigenvalue weighted by Gasteiger charge is -2.19. The largest absolute Gasteiger partial charge is 0.488 e. The predicted molar refractivity (Wildman–Crippen MR) is 237 cm³/mol. The van der Waals surface area contributed by atoms with Gasteiger partial charge in [-0.15, -0.1) is 0 Å². The maximum atomic E-state index is 11.8. The normalized spacial score (nSPS) is 11.8. The van der Waals surface area contributed by atoms with Gasteiger partial charge in [-0.05, 0) is 96.8 Å². The van der Waals surface area contributed by atoms with Crippen LogP contribution in [0.3, 0.4) is 0 Å². The zero-order valence-corrected chi connectivity index (χ0v) is 36.3. The summed E-state index contributed by atoms with van der Waals surface area (Å²) >= 11 is 13.4. The number of rotatable bonds is 19. The van der Waals surface area contributed by atoms with Gasteiger partial charge in [-0.3, -0.25) is 14.8 Å². The Balaban J connectivity index is 1.19. The number of carboxylic acids is 1. The Hall–Kier alpha value is -6.67. The molecular formula is C49H44Cl2N4O8. The second kappa shape index (κ2) is 21.4. The molecule has 0 aliphatic rings. The van der Waals surface area contributed by atoms with Gasteiger partial charge in [-0.25, -0.2) is 0 Å². The minimum Gasteiger partial charge on any atom is -0.488 e. The molecule has 2 atom stereocenters. The molecule has 0 aliphatic heterocycles. The summed E-state index contributed by atoms with van der Waals surface area (Å²) in [5.74, 6) is -0.547. The van der Waals surface area contributed by atoms with Gasteiger partial charge < -0.3 is 34.3 Å². The third-order valence-electron chi connectivity index (χ3n) is 10.6. The van der Waals surface area contributed by atoms with E-state index in [-0.39, 0.29) is 45.9 Å². The third-order valence-corrected chi connectivity index (χ3v) is 11.2. The van der Waals surface area contributed by atoms with Gasteiger partial charge >= 0.3 is 5.97 Å². The summed E-state index contributed by atoms with van der Waals surface area (Å²) in [6.07, 6.45) is 5.48. The maximum absolute atomic E-state index is 11.8. The van der Waals surface area contributed by atoms with E-state index in [2.05, 4.69) is 22.1 Å². The minimum atomic E-state index is -1.10. The molecule has 0 amide bonds. The first-order chi connectivity index (χ1) is 30.4. The lowest BCUT2D eigenvalue weighted by molar-refractivity contribution is -0.145. The van der Waals surface area contributed by atoms with E-state index in [1.54, 1.807) is 48.8 Å². The summed E-state index contributed by atoms with van der Waals surface area (Å²) in [6.45, 7) is 5.77. The van der Waals surface area contributed by atoms with Crippen LogP contribution in [0.1, 0.15) is 69.0 Å². The number of pyridine rings is 2. The number of hydrogen-bond donors (Lipinski definition) is 3. The summed E-state index contributed by atoms with van der Waals surface area (Å²) in [5.41, 5.74) is 9.10. The quantitative estimate of drug-likeness (QED) is 0.0700. The van der Waals surface area contributed by atoms with E-state index in [1.807, 2.05) is 50.2 Å². The lowest BCUT2D eigenvalue weighted by atomic mass is 9.92. The SMILES string of the molecule is Cc1c(COc2cc(OCc3cncc(C#N)c3)c(CO)cc2Cl)cccc1-c1cccc(COc2cc(OCc3cncc(C#N)c3)c(CC[C@@H](C(=O)O)[C@H](C)O)cc2Cl)c1C. The Bertz CT molecular complexity index is 2690. The Labute approximate surface area is 375 Å². The summed E-state index contributed by atoms with van der Waals surface area (Å²) in [5, 5.41) is 48.9. The van der Waals surface area contributed by atoms with Crippen LogP contribution in [0.2, 0.25) is 10.0 Å². The highest BCUT2D eigenvalue weighted by molar-refractivity contribution is 6.32. The zero-order chi connectivity index (χ0) is 45.0. The van der Waals surface area contributed by atoms with Crippen LogP contribution in [-0.4, -0.2) is 37.4 Å². The monoisotopic (exact) mass is 886 g/mol. The van der Waals surface area contributed by atoms with Crippen LogP contribution in [0, 0.1) is 42.4 Å². The van der Waals surface area contributed by atoms with Gasteiger partial charge in [-0.1, -0.05) is 59.6 Å². The van der Waals surface area contributed by atoms with Crippen LogP contribution in [0.15, 0.2) is 97.6 Å². The number of nitrogens with zero attached hydrogens (tertiary/aromatic N) is 4. The van der Waals surface area contributed by atoms with Crippen LogP contribution in [0.5, 0.6) is 23.0 Å². The van der Waals surface area contributed by atoms with Gasteiger partial charge in [0.25, 0.3) is 0 Å². The molecular weight excluding hydrogens is 843 g/mol. The second-order valence-corrected chi connectivity index (χ2v) is 15.7. The molecule has 6 aromatic rings. The number of ether oxygens (including phenoxy) is 4. The summed E-state index contributed by atoms with van der Waals surface area (Å²) in [6, 6.07) is 26.1. The highest BCUT2D eigenvalue weighted by Gasteiger charge is 2.24. The number of aromatic nitrogens is 2. The van der Waals surface area contributed by atoms with Gasteiger partial charge in [-0.2, -0.15) is 10.5 Å². The van der Waals surface area contributed by atoms with E-state index in [4.69, 9.17) is 42.1 Å².